The Morgan fingerprint density at radius 2 is 1.60 bits per heavy atom. The molecule has 1 fully saturated rings. The van der Waals surface area contributed by atoms with E-state index in [-0.39, 0.29) is 0 Å². The summed E-state index contributed by atoms with van der Waals surface area (Å²) in [7, 11) is -3.46. The highest BCUT2D eigenvalue weighted by Gasteiger charge is 2.30. The van der Waals surface area contributed by atoms with Crippen LogP contribution in [0.3, 0.4) is 0 Å². The first-order chi connectivity index (χ1) is 14.3. The predicted molar refractivity (Wildman–Crippen MR) is 117 cm³/mol. The molecule has 2 aromatic carbocycles. The van der Waals surface area contributed by atoms with Crippen molar-refractivity contribution in [2.45, 2.75) is 32.2 Å². The second-order valence-corrected chi connectivity index (χ2v) is 9.74. The van der Waals surface area contributed by atoms with E-state index in [0.717, 1.165) is 22.6 Å². The standard InChI is InChI=1S/C23H27N3O3S/c1-17-8-10-20(11-9-17)23-24-21(19(3)29-23)16-25-12-14-26(15-13-25)30(27,28)22-7-5-4-6-18(22)2/h4-11H,12-16H2,1-3H3. The number of aromatic nitrogens is 1. The fourth-order valence-electron chi connectivity index (χ4n) is 3.72. The van der Waals surface area contributed by atoms with Crippen LogP contribution in [0.1, 0.15) is 22.6 Å². The van der Waals surface area contributed by atoms with Gasteiger partial charge in [-0.25, -0.2) is 13.4 Å². The van der Waals surface area contributed by atoms with E-state index in [0.29, 0.717) is 43.5 Å². The molecule has 1 saturated heterocycles. The molecule has 3 aromatic rings. The zero-order chi connectivity index (χ0) is 21.3. The molecule has 0 N–H and O–H groups in total. The van der Waals surface area contributed by atoms with Gasteiger partial charge in [0.15, 0.2) is 0 Å². The molecule has 0 spiro atoms. The average molecular weight is 426 g/mol. The van der Waals surface area contributed by atoms with Crippen molar-refractivity contribution in [2.24, 2.45) is 0 Å². The fraction of sp³-hybridized carbons (Fsp3) is 0.348. The van der Waals surface area contributed by atoms with E-state index in [1.807, 2.05) is 50.2 Å². The molecule has 1 aliphatic heterocycles. The van der Waals surface area contributed by atoms with Crippen molar-refractivity contribution in [3.05, 3.63) is 71.1 Å². The number of benzene rings is 2. The van der Waals surface area contributed by atoms with Crippen LogP contribution in [0.15, 0.2) is 57.8 Å². The van der Waals surface area contributed by atoms with Crippen LogP contribution < -0.4 is 0 Å². The smallest absolute Gasteiger partial charge is 0.243 e. The molecule has 0 radical (unpaired) electrons. The summed E-state index contributed by atoms with van der Waals surface area (Å²) in [4.78, 5) is 7.32. The number of hydrogen-bond acceptors (Lipinski definition) is 5. The largest absolute Gasteiger partial charge is 0.441 e. The highest BCUT2D eigenvalue weighted by Crippen LogP contribution is 2.24. The summed E-state index contributed by atoms with van der Waals surface area (Å²) < 4.78 is 33.4. The van der Waals surface area contributed by atoms with Crippen LogP contribution >= 0.6 is 0 Å². The Balaban J connectivity index is 1.42. The van der Waals surface area contributed by atoms with Gasteiger partial charge < -0.3 is 4.42 Å². The highest BCUT2D eigenvalue weighted by atomic mass is 32.2. The SMILES string of the molecule is Cc1ccc(-c2nc(CN3CCN(S(=O)(=O)c4ccccc4C)CC3)c(C)o2)cc1. The first kappa shape index (κ1) is 20.8. The minimum Gasteiger partial charge on any atom is -0.441 e. The second-order valence-electron chi connectivity index (χ2n) is 7.83. The van der Waals surface area contributed by atoms with Gasteiger partial charge in [0.05, 0.1) is 10.6 Å². The third-order valence-corrected chi connectivity index (χ3v) is 7.67. The summed E-state index contributed by atoms with van der Waals surface area (Å²) in [5.74, 6) is 1.43. The quantitative estimate of drug-likeness (QED) is 0.622. The number of oxazole rings is 1. The Morgan fingerprint density at radius 1 is 0.933 bits per heavy atom. The van der Waals surface area contributed by atoms with Gasteiger partial charge in [-0.2, -0.15) is 4.31 Å². The Hall–Kier alpha value is -2.48. The number of aryl methyl sites for hydroxylation is 3. The third-order valence-electron chi connectivity index (χ3n) is 5.61. The molecule has 30 heavy (non-hydrogen) atoms. The van der Waals surface area contributed by atoms with E-state index in [2.05, 4.69) is 11.8 Å². The van der Waals surface area contributed by atoms with Crippen molar-refractivity contribution in [1.82, 2.24) is 14.2 Å². The highest BCUT2D eigenvalue weighted by molar-refractivity contribution is 7.89. The lowest BCUT2D eigenvalue weighted by molar-refractivity contribution is 0.179. The zero-order valence-corrected chi connectivity index (χ0v) is 18.4. The number of piperazine rings is 1. The Labute approximate surface area is 178 Å². The van der Waals surface area contributed by atoms with Gasteiger partial charge in [0, 0.05) is 38.3 Å². The Bertz CT molecular complexity index is 1130. The van der Waals surface area contributed by atoms with Gasteiger partial charge in [0.2, 0.25) is 15.9 Å². The van der Waals surface area contributed by atoms with Crippen LogP contribution in [-0.2, 0) is 16.6 Å². The third kappa shape index (κ3) is 4.19. The molecule has 0 atom stereocenters. The van der Waals surface area contributed by atoms with Crippen LogP contribution in [0.2, 0.25) is 0 Å². The molecule has 1 aromatic heterocycles. The van der Waals surface area contributed by atoms with Gasteiger partial charge in [0.1, 0.15) is 5.76 Å². The normalized spacial score (nSPS) is 16.1. The Morgan fingerprint density at radius 3 is 2.27 bits per heavy atom. The molecular formula is C23H27N3O3S. The monoisotopic (exact) mass is 425 g/mol. The summed E-state index contributed by atoms with van der Waals surface area (Å²) >= 11 is 0. The van der Waals surface area contributed by atoms with Gasteiger partial charge in [0.25, 0.3) is 0 Å². The van der Waals surface area contributed by atoms with Crippen molar-refractivity contribution in [3.8, 4) is 11.5 Å². The van der Waals surface area contributed by atoms with Crippen LogP contribution in [0.25, 0.3) is 11.5 Å². The van der Waals surface area contributed by atoms with E-state index in [1.54, 1.807) is 16.4 Å². The van der Waals surface area contributed by atoms with Crippen LogP contribution in [-0.4, -0.2) is 48.8 Å². The maximum absolute atomic E-state index is 13.0. The van der Waals surface area contributed by atoms with Crippen molar-refractivity contribution in [1.29, 1.82) is 0 Å². The molecule has 1 aliphatic rings. The topological polar surface area (TPSA) is 66.7 Å². The van der Waals surface area contributed by atoms with E-state index in [1.165, 1.54) is 5.56 Å². The van der Waals surface area contributed by atoms with Crippen LogP contribution in [0.4, 0.5) is 0 Å². The van der Waals surface area contributed by atoms with Gasteiger partial charge >= 0.3 is 0 Å². The number of nitrogens with zero attached hydrogens (tertiary/aromatic N) is 3. The number of sulfonamides is 1. The predicted octanol–water partition coefficient (Wildman–Crippen LogP) is 3.77. The first-order valence-corrected chi connectivity index (χ1v) is 11.6. The van der Waals surface area contributed by atoms with Crippen molar-refractivity contribution < 1.29 is 12.8 Å². The van der Waals surface area contributed by atoms with Crippen molar-refractivity contribution in [3.63, 3.8) is 0 Å². The zero-order valence-electron chi connectivity index (χ0n) is 17.6. The molecule has 0 amide bonds. The van der Waals surface area contributed by atoms with Gasteiger partial charge in [-0.3, -0.25) is 4.90 Å². The van der Waals surface area contributed by atoms with Crippen LogP contribution in [0.5, 0.6) is 0 Å². The molecule has 6 nitrogen and oxygen atoms in total. The van der Waals surface area contributed by atoms with Gasteiger partial charge in [-0.15, -0.1) is 0 Å². The summed E-state index contributed by atoms with van der Waals surface area (Å²) in [6.45, 7) is 8.74. The summed E-state index contributed by atoms with van der Waals surface area (Å²) in [6.07, 6.45) is 0. The van der Waals surface area contributed by atoms with Gasteiger partial charge in [-0.05, 0) is 44.5 Å². The molecular weight excluding hydrogens is 398 g/mol. The minimum absolute atomic E-state index is 0.397. The fourth-order valence-corrected chi connectivity index (χ4v) is 5.37. The molecule has 2 heterocycles. The molecule has 7 heteroatoms. The molecule has 0 unspecified atom stereocenters. The summed E-state index contributed by atoms with van der Waals surface area (Å²) in [6, 6.07) is 15.3. The molecule has 0 saturated carbocycles. The lowest BCUT2D eigenvalue weighted by atomic mass is 10.1. The van der Waals surface area contributed by atoms with Crippen molar-refractivity contribution in [2.75, 3.05) is 26.2 Å². The minimum atomic E-state index is -3.46. The van der Waals surface area contributed by atoms with E-state index >= 15 is 0 Å². The molecule has 158 valence electrons. The Kier molecular flexibility index (Phi) is 5.77. The van der Waals surface area contributed by atoms with E-state index in [9.17, 15) is 8.42 Å². The van der Waals surface area contributed by atoms with E-state index < -0.39 is 10.0 Å². The maximum atomic E-state index is 13.0. The van der Waals surface area contributed by atoms with Gasteiger partial charge in [-0.1, -0.05) is 35.9 Å². The first-order valence-electron chi connectivity index (χ1n) is 10.2. The maximum Gasteiger partial charge on any atom is 0.243 e. The molecule has 4 rings (SSSR count). The lowest BCUT2D eigenvalue weighted by Gasteiger charge is -2.33. The van der Waals surface area contributed by atoms with E-state index in [4.69, 9.17) is 9.40 Å². The number of rotatable bonds is 5. The second kappa shape index (κ2) is 8.34. The lowest BCUT2D eigenvalue weighted by Crippen LogP contribution is -2.48. The number of hydrogen-bond donors (Lipinski definition) is 0. The summed E-state index contributed by atoms with van der Waals surface area (Å²) in [5, 5.41) is 0. The van der Waals surface area contributed by atoms with Crippen molar-refractivity contribution >= 4 is 10.0 Å². The molecule has 0 aliphatic carbocycles. The van der Waals surface area contributed by atoms with Crippen LogP contribution in [0, 0.1) is 20.8 Å². The molecule has 0 bridgehead atoms. The average Bonchev–Trinajstić information content (AvgIpc) is 3.09. The summed E-state index contributed by atoms with van der Waals surface area (Å²) in [5.41, 5.74) is 3.84.